The number of carbonyl (C=O) groups is 1. The predicted molar refractivity (Wildman–Crippen MR) is 144 cm³/mol. The Labute approximate surface area is 214 Å². The Hall–Kier alpha value is -4.14. The largest absolute Gasteiger partial charge is 0.495 e. The molecule has 1 aromatic heterocycles. The zero-order valence-corrected chi connectivity index (χ0v) is 20.9. The van der Waals surface area contributed by atoms with Crippen LogP contribution >= 0.6 is 11.6 Å². The Kier molecular flexibility index (Phi) is 7.99. The van der Waals surface area contributed by atoms with Crippen molar-refractivity contribution in [3.8, 4) is 17.4 Å². The van der Waals surface area contributed by atoms with E-state index in [0.717, 1.165) is 10.8 Å². The zero-order chi connectivity index (χ0) is 25.5. The molecule has 9 heteroatoms. The molecule has 8 nitrogen and oxygen atoms in total. The van der Waals surface area contributed by atoms with Crippen LogP contribution in [0.4, 0.5) is 17.3 Å². The molecule has 1 heterocycles. The number of rotatable bonds is 9. The number of methoxy groups -OCH3 is 1. The summed E-state index contributed by atoms with van der Waals surface area (Å²) < 4.78 is 11.4. The van der Waals surface area contributed by atoms with E-state index < -0.39 is 0 Å². The van der Waals surface area contributed by atoms with E-state index in [-0.39, 0.29) is 22.8 Å². The van der Waals surface area contributed by atoms with Crippen molar-refractivity contribution in [3.63, 3.8) is 0 Å². The third kappa shape index (κ3) is 6.50. The van der Waals surface area contributed by atoms with Gasteiger partial charge in [0.25, 0.3) is 0 Å². The van der Waals surface area contributed by atoms with Crippen molar-refractivity contribution in [2.45, 2.75) is 0 Å². The number of fused-ring (bicyclic) bond motifs is 1. The number of amides is 1. The van der Waals surface area contributed by atoms with Crippen LogP contribution in [-0.2, 0) is 4.79 Å². The third-order valence-corrected chi connectivity index (χ3v) is 5.36. The lowest BCUT2D eigenvalue weighted by Gasteiger charge is -2.13. The molecule has 184 valence electrons. The molecule has 0 atom stereocenters. The van der Waals surface area contributed by atoms with E-state index in [1.54, 1.807) is 31.4 Å². The number of halogens is 1. The molecule has 0 saturated carbocycles. The SMILES string of the molecule is COc1ccc(NC(=O)/C=C/CN(C)C)cc1Nc1ncc(Cl)c(Oc2ccc3ccccc3c2)n1. The monoisotopic (exact) mass is 503 g/mol. The van der Waals surface area contributed by atoms with Gasteiger partial charge in [-0.25, -0.2) is 4.98 Å². The third-order valence-electron chi connectivity index (χ3n) is 5.10. The van der Waals surface area contributed by atoms with Crippen LogP contribution in [0.1, 0.15) is 0 Å². The van der Waals surface area contributed by atoms with Gasteiger partial charge in [-0.1, -0.05) is 48.0 Å². The molecule has 0 fully saturated rings. The first-order valence-electron chi connectivity index (χ1n) is 11.2. The number of nitrogens with one attached hydrogen (secondary N) is 2. The van der Waals surface area contributed by atoms with Crippen molar-refractivity contribution in [1.29, 1.82) is 0 Å². The van der Waals surface area contributed by atoms with Gasteiger partial charge in [0.1, 0.15) is 16.5 Å². The van der Waals surface area contributed by atoms with Gasteiger partial charge in [-0.3, -0.25) is 4.79 Å². The van der Waals surface area contributed by atoms with Crippen molar-refractivity contribution in [2.75, 3.05) is 38.4 Å². The maximum absolute atomic E-state index is 12.2. The predicted octanol–water partition coefficient (Wildman–Crippen LogP) is 5.88. The summed E-state index contributed by atoms with van der Waals surface area (Å²) in [4.78, 5) is 22.9. The summed E-state index contributed by atoms with van der Waals surface area (Å²) >= 11 is 6.31. The molecule has 2 N–H and O–H groups in total. The lowest BCUT2D eigenvalue weighted by Crippen LogP contribution is -2.13. The average molecular weight is 504 g/mol. The summed E-state index contributed by atoms with van der Waals surface area (Å²) in [6.45, 7) is 0.667. The molecule has 0 spiro atoms. The lowest BCUT2D eigenvalue weighted by molar-refractivity contribution is -0.111. The maximum atomic E-state index is 12.2. The number of ether oxygens (including phenoxy) is 2. The first-order chi connectivity index (χ1) is 17.4. The quantitative estimate of drug-likeness (QED) is 0.275. The minimum Gasteiger partial charge on any atom is -0.495 e. The summed E-state index contributed by atoms with van der Waals surface area (Å²) in [5.74, 6) is 1.38. The van der Waals surface area contributed by atoms with Crippen LogP contribution < -0.4 is 20.1 Å². The number of aromatic nitrogens is 2. The maximum Gasteiger partial charge on any atom is 0.248 e. The topological polar surface area (TPSA) is 88.6 Å². The van der Waals surface area contributed by atoms with Crippen LogP contribution in [0, 0.1) is 0 Å². The zero-order valence-electron chi connectivity index (χ0n) is 20.2. The smallest absolute Gasteiger partial charge is 0.248 e. The van der Waals surface area contributed by atoms with Crippen LogP contribution in [0.5, 0.6) is 17.4 Å². The highest BCUT2D eigenvalue weighted by molar-refractivity contribution is 6.31. The van der Waals surface area contributed by atoms with E-state index in [1.807, 2.05) is 61.5 Å². The number of hydrogen-bond donors (Lipinski definition) is 2. The summed E-state index contributed by atoms with van der Waals surface area (Å²) in [6.07, 6.45) is 4.74. The van der Waals surface area contributed by atoms with E-state index in [2.05, 4.69) is 20.6 Å². The molecule has 4 rings (SSSR count). The second-order valence-electron chi connectivity index (χ2n) is 8.15. The second-order valence-corrected chi connectivity index (χ2v) is 8.56. The van der Waals surface area contributed by atoms with Crippen molar-refractivity contribution >= 4 is 45.6 Å². The first-order valence-corrected chi connectivity index (χ1v) is 11.6. The van der Waals surface area contributed by atoms with Crippen LogP contribution in [0.3, 0.4) is 0 Å². The molecular weight excluding hydrogens is 478 g/mol. The minimum absolute atomic E-state index is 0.207. The Morgan fingerprint density at radius 3 is 2.67 bits per heavy atom. The van der Waals surface area contributed by atoms with Crippen molar-refractivity contribution < 1.29 is 14.3 Å². The molecule has 0 saturated heterocycles. The molecule has 0 aliphatic rings. The fraction of sp³-hybridized carbons (Fsp3) is 0.148. The van der Waals surface area contributed by atoms with Crippen LogP contribution in [-0.4, -0.2) is 48.5 Å². The van der Waals surface area contributed by atoms with E-state index in [4.69, 9.17) is 21.1 Å². The van der Waals surface area contributed by atoms with Gasteiger partial charge in [0.15, 0.2) is 0 Å². The van der Waals surface area contributed by atoms with Gasteiger partial charge in [-0.05, 0) is 55.2 Å². The molecule has 0 bridgehead atoms. The van der Waals surface area contributed by atoms with Crippen molar-refractivity contribution in [3.05, 3.63) is 84.0 Å². The highest BCUT2D eigenvalue weighted by Gasteiger charge is 2.12. The highest BCUT2D eigenvalue weighted by atomic mass is 35.5. The van der Waals surface area contributed by atoms with Gasteiger partial charge in [0, 0.05) is 18.3 Å². The first kappa shape index (κ1) is 25.0. The number of benzene rings is 3. The van der Waals surface area contributed by atoms with E-state index in [9.17, 15) is 4.79 Å². The highest BCUT2D eigenvalue weighted by Crippen LogP contribution is 2.33. The Morgan fingerprint density at radius 2 is 1.89 bits per heavy atom. The summed E-state index contributed by atoms with van der Waals surface area (Å²) in [5.41, 5.74) is 1.14. The molecule has 0 radical (unpaired) electrons. The van der Waals surface area contributed by atoms with Gasteiger partial charge < -0.3 is 25.0 Å². The molecule has 1 amide bonds. The lowest BCUT2D eigenvalue weighted by atomic mass is 10.1. The van der Waals surface area contributed by atoms with Gasteiger partial charge in [0.2, 0.25) is 17.7 Å². The Balaban J connectivity index is 1.52. The molecular formula is C27H26ClN5O3. The summed E-state index contributed by atoms with van der Waals surface area (Å²) in [7, 11) is 5.42. The van der Waals surface area contributed by atoms with Crippen LogP contribution in [0.25, 0.3) is 10.8 Å². The van der Waals surface area contributed by atoms with E-state index in [0.29, 0.717) is 29.4 Å². The van der Waals surface area contributed by atoms with Gasteiger partial charge >= 0.3 is 0 Å². The van der Waals surface area contributed by atoms with Crippen LogP contribution in [0.2, 0.25) is 5.02 Å². The van der Waals surface area contributed by atoms with E-state index >= 15 is 0 Å². The standard InChI is InChI=1S/C27H26ClN5O3/c1-33(2)14-6-9-25(34)30-20-11-13-24(35-3)23(16-20)31-27-29-17-22(28)26(32-27)36-21-12-10-18-7-4-5-8-19(18)15-21/h4-13,15-17H,14H2,1-3H3,(H,30,34)(H,29,31,32)/b9-6+. The van der Waals surface area contributed by atoms with Gasteiger partial charge in [-0.15, -0.1) is 0 Å². The van der Waals surface area contributed by atoms with Crippen molar-refractivity contribution in [2.24, 2.45) is 0 Å². The number of nitrogens with zero attached hydrogens (tertiary/aromatic N) is 3. The molecule has 0 aliphatic carbocycles. The Morgan fingerprint density at radius 1 is 1.08 bits per heavy atom. The van der Waals surface area contributed by atoms with Gasteiger partial charge in [-0.2, -0.15) is 4.98 Å². The second kappa shape index (κ2) is 11.5. The summed E-state index contributed by atoms with van der Waals surface area (Å²) in [5, 5.41) is 8.37. The van der Waals surface area contributed by atoms with Gasteiger partial charge in [0.05, 0.1) is 19.0 Å². The summed E-state index contributed by atoms with van der Waals surface area (Å²) in [6, 6.07) is 19.0. The minimum atomic E-state index is -0.234. The van der Waals surface area contributed by atoms with Crippen LogP contribution in [0.15, 0.2) is 79.0 Å². The normalized spacial score (nSPS) is 11.1. The van der Waals surface area contributed by atoms with Crippen molar-refractivity contribution in [1.82, 2.24) is 14.9 Å². The number of hydrogen-bond acceptors (Lipinski definition) is 7. The fourth-order valence-electron chi connectivity index (χ4n) is 3.38. The number of carbonyl (C=O) groups excluding carboxylic acids is 1. The molecule has 3 aromatic carbocycles. The average Bonchev–Trinajstić information content (AvgIpc) is 2.86. The number of likely N-dealkylation sites (N-methyl/N-ethyl adjacent to an activating group) is 1. The molecule has 36 heavy (non-hydrogen) atoms. The molecule has 0 aliphatic heterocycles. The molecule has 0 unspecified atom stereocenters. The molecule has 4 aromatic rings. The van der Waals surface area contributed by atoms with E-state index in [1.165, 1.54) is 12.3 Å². The fourth-order valence-corrected chi connectivity index (χ4v) is 3.51. The number of anilines is 3. The Bertz CT molecular complexity index is 1410.